The van der Waals surface area contributed by atoms with Gasteiger partial charge in [-0.25, -0.2) is 0 Å². The van der Waals surface area contributed by atoms with Crippen molar-refractivity contribution in [2.24, 2.45) is 0 Å². The summed E-state index contributed by atoms with van der Waals surface area (Å²) in [5, 5.41) is 3.30. The smallest absolute Gasteiger partial charge is 0.0662 e. The summed E-state index contributed by atoms with van der Waals surface area (Å²) < 4.78 is 1.05. The molecule has 0 nitrogen and oxygen atoms in total. The van der Waals surface area contributed by atoms with Gasteiger partial charge in [-0.2, -0.15) is 0 Å². The Balaban J connectivity index is 2.20. The molecule has 0 heterocycles. The van der Waals surface area contributed by atoms with Crippen LogP contribution < -0.4 is 0 Å². The summed E-state index contributed by atoms with van der Waals surface area (Å²) >= 11 is 13.6. The molecule has 106 valence electrons. The van der Waals surface area contributed by atoms with Gasteiger partial charge in [0.25, 0.3) is 0 Å². The summed E-state index contributed by atoms with van der Waals surface area (Å²) in [5.74, 6) is 0. The Morgan fingerprint density at radius 1 is 0.905 bits per heavy atom. The van der Waals surface area contributed by atoms with E-state index >= 15 is 0 Å². The predicted molar refractivity (Wildman–Crippen MR) is 98.6 cm³/mol. The number of hydrogen-bond acceptors (Lipinski definition) is 0. The Morgan fingerprint density at radius 3 is 2.38 bits per heavy atom. The highest BCUT2D eigenvalue weighted by Crippen LogP contribution is 2.40. The minimum Gasteiger partial charge on any atom is -0.0843 e. The van der Waals surface area contributed by atoms with E-state index in [-0.39, 0.29) is 4.83 Å². The van der Waals surface area contributed by atoms with Gasteiger partial charge in [0.1, 0.15) is 0 Å². The Morgan fingerprint density at radius 2 is 1.62 bits per heavy atom. The van der Waals surface area contributed by atoms with Crippen LogP contribution in [-0.2, 0) is 0 Å². The number of rotatable bonds is 2. The minimum absolute atomic E-state index is 0.0936. The molecule has 3 aromatic rings. The van der Waals surface area contributed by atoms with Crippen LogP contribution in [0.2, 0.25) is 5.02 Å². The molecule has 3 rings (SSSR count). The van der Waals surface area contributed by atoms with Crippen molar-refractivity contribution in [3.05, 3.63) is 80.8 Å². The van der Waals surface area contributed by atoms with Crippen LogP contribution in [0.15, 0.2) is 59.1 Å². The number of fused-ring (bicyclic) bond motifs is 1. The second-order valence-electron chi connectivity index (χ2n) is 5.05. The highest BCUT2D eigenvalue weighted by atomic mass is 79.9. The lowest BCUT2D eigenvalue weighted by Gasteiger charge is -2.16. The van der Waals surface area contributed by atoms with E-state index in [9.17, 15) is 0 Å². The summed E-state index contributed by atoms with van der Waals surface area (Å²) in [4.78, 5) is 0.0936. The minimum atomic E-state index is 0.0936. The quantitative estimate of drug-likeness (QED) is 0.387. The molecule has 3 heteroatoms. The van der Waals surface area contributed by atoms with E-state index < -0.39 is 0 Å². The van der Waals surface area contributed by atoms with Gasteiger partial charge in [0.05, 0.1) is 4.83 Å². The van der Waals surface area contributed by atoms with Crippen LogP contribution in [0.25, 0.3) is 10.8 Å². The van der Waals surface area contributed by atoms with E-state index in [4.69, 9.17) is 11.6 Å². The SMILES string of the molecule is Cc1ccc(C(Br)c2cc(Cl)ccc2Br)c2ccccc12. The molecule has 0 spiro atoms. The van der Waals surface area contributed by atoms with Gasteiger partial charge in [-0.15, -0.1) is 0 Å². The molecule has 0 fully saturated rings. The lowest BCUT2D eigenvalue weighted by atomic mass is 9.96. The summed E-state index contributed by atoms with van der Waals surface area (Å²) in [6.07, 6.45) is 0. The first-order valence-electron chi connectivity index (χ1n) is 6.65. The van der Waals surface area contributed by atoms with Crippen LogP contribution in [0.4, 0.5) is 0 Å². The van der Waals surface area contributed by atoms with Gasteiger partial charge in [0.2, 0.25) is 0 Å². The molecule has 21 heavy (non-hydrogen) atoms. The van der Waals surface area contributed by atoms with Gasteiger partial charge < -0.3 is 0 Å². The molecule has 0 aliphatic heterocycles. The fourth-order valence-electron chi connectivity index (χ4n) is 2.57. The molecule has 0 aliphatic rings. The van der Waals surface area contributed by atoms with Gasteiger partial charge in [0, 0.05) is 9.50 Å². The number of benzene rings is 3. The molecular formula is C18H13Br2Cl. The zero-order valence-corrected chi connectivity index (χ0v) is 15.3. The van der Waals surface area contributed by atoms with Crippen molar-refractivity contribution >= 4 is 54.2 Å². The van der Waals surface area contributed by atoms with E-state index in [0.29, 0.717) is 0 Å². The Labute approximate surface area is 146 Å². The zero-order chi connectivity index (χ0) is 15.0. The highest BCUT2D eigenvalue weighted by Gasteiger charge is 2.17. The molecule has 0 aliphatic carbocycles. The second-order valence-corrected chi connectivity index (χ2v) is 7.25. The van der Waals surface area contributed by atoms with Crippen molar-refractivity contribution in [1.82, 2.24) is 0 Å². The molecule has 0 amide bonds. The van der Waals surface area contributed by atoms with Crippen molar-refractivity contribution in [3.8, 4) is 0 Å². The maximum Gasteiger partial charge on any atom is 0.0662 e. The Hall–Kier alpha value is -0.830. The number of halogens is 3. The molecular weight excluding hydrogens is 411 g/mol. The summed E-state index contributed by atoms with van der Waals surface area (Å²) in [6.45, 7) is 2.14. The number of aryl methyl sites for hydroxylation is 1. The molecule has 0 saturated heterocycles. The largest absolute Gasteiger partial charge is 0.0843 e. The molecule has 0 N–H and O–H groups in total. The molecule has 0 saturated carbocycles. The van der Waals surface area contributed by atoms with Crippen LogP contribution in [0.1, 0.15) is 21.5 Å². The van der Waals surface area contributed by atoms with E-state index in [0.717, 1.165) is 15.1 Å². The standard InChI is InChI=1S/C18H13Br2Cl/c1-11-6-8-15(14-5-3-2-4-13(11)14)18(20)16-10-12(21)7-9-17(16)19/h2-10,18H,1H3. The first-order chi connectivity index (χ1) is 10.1. The van der Waals surface area contributed by atoms with Crippen molar-refractivity contribution in [1.29, 1.82) is 0 Å². The first kappa shape index (κ1) is 15.1. The zero-order valence-electron chi connectivity index (χ0n) is 11.4. The van der Waals surface area contributed by atoms with Gasteiger partial charge in [-0.05, 0) is 52.6 Å². The maximum absolute atomic E-state index is 6.15. The summed E-state index contributed by atoms with van der Waals surface area (Å²) in [5.41, 5.74) is 3.68. The summed E-state index contributed by atoms with van der Waals surface area (Å²) in [7, 11) is 0. The molecule has 0 radical (unpaired) electrons. The summed E-state index contributed by atoms with van der Waals surface area (Å²) in [6, 6.07) is 18.7. The maximum atomic E-state index is 6.15. The van der Waals surface area contributed by atoms with Gasteiger partial charge in [-0.3, -0.25) is 0 Å². The average molecular weight is 425 g/mol. The van der Waals surface area contributed by atoms with Crippen LogP contribution in [0.5, 0.6) is 0 Å². The lowest BCUT2D eigenvalue weighted by molar-refractivity contribution is 1.18. The fraction of sp³-hybridized carbons (Fsp3) is 0.111. The van der Waals surface area contributed by atoms with Gasteiger partial charge in [0.15, 0.2) is 0 Å². The molecule has 1 atom stereocenters. The molecule has 1 unspecified atom stereocenters. The second kappa shape index (κ2) is 6.12. The molecule has 3 aromatic carbocycles. The normalized spacial score (nSPS) is 12.6. The third-order valence-electron chi connectivity index (χ3n) is 3.68. The van der Waals surface area contributed by atoms with E-state index in [1.807, 2.05) is 18.2 Å². The van der Waals surface area contributed by atoms with Gasteiger partial charge in [-0.1, -0.05) is 79.9 Å². The third-order valence-corrected chi connectivity index (χ3v) is 5.62. The predicted octanol–water partition coefficient (Wildman–Crippen LogP) is 7.05. The number of alkyl halides is 1. The Kier molecular flexibility index (Phi) is 4.39. The molecule has 0 bridgehead atoms. The fourth-order valence-corrected chi connectivity index (χ4v) is 4.31. The third kappa shape index (κ3) is 2.90. The molecule has 0 aromatic heterocycles. The van der Waals surface area contributed by atoms with Crippen molar-refractivity contribution in [2.45, 2.75) is 11.8 Å². The van der Waals surface area contributed by atoms with Crippen molar-refractivity contribution in [3.63, 3.8) is 0 Å². The monoisotopic (exact) mass is 422 g/mol. The topological polar surface area (TPSA) is 0 Å². The van der Waals surface area contributed by atoms with E-state index in [1.165, 1.54) is 21.9 Å². The van der Waals surface area contributed by atoms with Crippen LogP contribution in [0, 0.1) is 6.92 Å². The van der Waals surface area contributed by atoms with Crippen molar-refractivity contribution in [2.75, 3.05) is 0 Å². The lowest BCUT2D eigenvalue weighted by Crippen LogP contribution is -1.96. The number of hydrogen-bond donors (Lipinski definition) is 0. The van der Waals surface area contributed by atoms with Crippen LogP contribution >= 0.6 is 43.5 Å². The highest BCUT2D eigenvalue weighted by molar-refractivity contribution is 9.11. The Bertz CT molecular complexity index is 811. The van der Waals surface area contributed by atoms with Crippen LogP contribution in [0.3, 0.4) is 0 Å². The van der Waals surface area contributed by atoms with E-state index in [1.54, 1.807) is 0 Å². The van der Waals surface area contributed by atoms with Gasteiger partial charge >= 0.3 is 0 Å². The van der Waals surface area contributed by atoms with Crippen molar-refractivity contribution < 1.29 is 0 Å². The van der Waals surface area contributed by atoms with E-state index in [2.05, 4.69) is 75.2 Å². The average Bonchev–Trinajstić information content (AvgIpc) is 2.50. The first-order valence-corrected chi connectivity index (χ1v) is 8.74. The van der Waals surface area contributed by atoms with Crippen LogP contribution in [-0.4, -0.2) is 0 Å².